The number of thiophene rings is 1. The zero-order valence-corrected chi connectivity index (χ0v) is 16.1. The second kappa shape index (κ2) is 9.01. The zero-order valence-electron chi connectivity index (χ0n) is 14.5. The number of aromatic nitrogens is 1. The van der Waals surface area contributed by atoms with Crippen LogP contribution in [-0.4, -0.2) is 17.6 Å². The van der Waals surface area contributed by atoms with Crippen molar-refractivity contribution in [2.45, 2.75) is 32.6 Å². The number of esters is 1. The van der Waals surface area contributed by atoms with E-state index in [0.717, 1.165) is 30.4 Å². The molecule has 0 fully saturated rings. The molecule has 0 N–H and O–H groups in total. The van der Waals surface area contributed by atoms with E-state index in [2.05, 4.69) is 11.9 Å². The van der Waals surface area contributed by atoms with E-state index < -0.39 is 0 Å². The molecule has 0 saturated carbocycles. The predicted molar refractivity (Wildman–Crippen MR) is 104 cm³/mol. The lowest BCUT2D eigenvalue weighted by Gasteiger charge is -2.03. The molecule has 0 radical (unpaired) electrons. The zero-order chi connectivity index (χ0) is 18.4. The first-order valence-electron chi connectivity index (χ1n) is 8.61. The van der Waals surface area contributed by atoms with Crippen molar-refractivity contribution >= 4 is 28.9 Å². The number of unbranched alkanes of at least 4 members (excludes halogenated alkanes) is 2. The molecular formula is C20H20ClNO3S. The van der Waals surface area contributed by atoms with Crippen molar-refractivity contribution in [1.29, 1.82) is 0 Å². The first-order valence-corrected chi connectivity index (χ1v) is 9.93. The molecule has 2 heterocycles. The van der Waals surface area contributed by atoms with Gasteiger partial charge in [0.15, 0.2) is 5.76 Å². The van der Waals surface area contributed by atoms with Crippen molar-refractivity contribution in [1.82, 2.24) is 4.98 Å². The van der Waals surface area contributed by atoms with Gasteiger partial charge in [-0.1, -0.05) is 31.4 Å². The van der Waals surface area contributed by atoms with Crippen LogP contribution in [0.15, 0.2) is 45.5 Å². The Morgan fingerprint density at radius 2 is 2.00 bits per heavy atom. The van der Waals surface area contributed by atoms with E-state index in [-0.39, 0.29) is 12.4 Å². The monoisotopic (exact) mass is 389 g/mol. The van der Waals surface area contributed by atoms with E-state index in [1.807, 2.05) is 29.0 Å². The minimum absolute atomic E-state index is 0.0917. The van der Waals surface area contributed by atoms with Crippen LogP contribution in [0.4, 0.5) is 0 Å². The fourth-order valence-electron chi connectivity index (χ4n) is 2.53. The van der Waals surface area contributed by atoms with Gasteiger partial charge in [-0.25, -0.2) is 4.98 Å². The largest absolute Gasteiger partial charge is 0.465 e. The molecule has 0 bridgehead atoms. The maximum atomic E-state index is 12.2. The number of carbonyl (C=O) groups is 1. The summed E-state index contributed by atoms with van der Waals surface area (Å²) >= 11 is 7.51. The van der Waals surface area contributed by atoms with Gasteiger partial charge >= 0.3 is 5.97 Å². The molecule has 4 nitrogen and oxygen atoms in total. The average molecular weight is 390 g/mol. The third-order valence-electron chi connectivity index (χ3n) is 3.89. The fourth-order valence-corrected chi connectivity index (χ4v) is 3.29. The Balaban J connectivity index is 1.81. The first-order chi connectivity index (χ1) is 12.7. The highest BCUT2D eigenvalue weighted by Gasteiger charge is 2.20. The van der Waals surface area contributed by atoms with E-state index in [0.29, 0.717) is 29.0 Å². The first kappa shape index (κ1) is 18.7. The number of ether oxygens (including phenoxy) is 1. The smallest absolute Gasteiger partial charge is 0.312 e. The van der Waals surface area contributed by atoms with Crippen LogP contribution < -0.4 is 0 Å². The third-order valence-corrected chi connectivity index (χ3v) is 4.83. The van der Waals surface area contributed by atoms with Gasteiger partial charge in [-0.15, -0.1) is 0 Å². The molecule has 0 amide bonds. The quantitative estimate of drug-likeness (QED) is 0.350. The molecule has 0 atom stereocenters. The van der Waals surface area contributed by atoms with Gasteiger partial charge in [-0.2, -0.15) is 11.3 Å². The van der Waals surface area contributed by atoms with Gasteiger partial charge in [0, 0.05) is 21.5 Å². The van der Waals surface area contributed by atoms with Gasteiger partial charge in [0.25, 0.3) is 0 Å². The topological polar surface area (TPSA) is 52.3 Å². The van der Waals surface area contributed by atoms with E-state index in [9.17, 15) is 4.79 Å². The fraction of sp³-hybridized carbons (Fsp3) is 0.300. The Morgan fingerprint density at radius 3 is 2.69 bits per heavy atom. The summed E-state index contributed by atoms with van der Waals surface area (Å²) in [6.45, 7) is 2.56. The number of oxazole rings is 1. The molecule has 0 spiro atoms. The minimum Gasteiger partial charge on any atom is -0.465 e. The van der Waals surface area contributed by atoms with Crippen LogP contribution in [0.5, 0.6) is 0 Å². The van der Waals surface area contributed by atoms with Crippen LogP contribution >= 0.6 is 22.9 Å². The highest BCUT2D eigenvalue weighted by molar-refractivity contribution is 7.08. The summed E-state index contributed by atoms with van der Waals surface area (Å²) in [7, 11) is 0. The highest BCUT2D eigenvalue weighted by Crippen LogP contribution is 2.32. The molecule has 1 aromatic carbocycles. The maximum Gasteiger partial charge on any atom is 0.312 e. The normalized spacial score (nSPS) is 10.8. The molecule has 6 heteroatoms. The molecule has 26 heavy (non-hydrogen) atoms. The van der Waals surface area contributed by atoms with Crippen LogP contribution in [0.1, 0.15) is 31.9 Å². The van der Waals surface area contributed by atoms with Crippen LogP contribution in [0.25, 0.3) is 22.8 Å². The second-order valence-electron chi connectivity index (χ2n) is 5.92. The number of hydrogen-bond donors (Lipinski definition) is 0. The van der Waals surface area contributed by atoms with Crippen molar-refractivity contribution in [3.63, 3.8) is 0 Å². The molecule has 2 aromatic heterocycles. The highest BCUT2D eigenvalue weighted by atomic mass is 35.5. The van der Waals surface area contributed by atoms with Gasteiger partial charge in [0.05, 0.1) is 18.7 Å². The van der Waals surface area contributed by atoms with Crippen LogP contribution in [0.2, 0.25) is 5.02 Å². The molecule has 0 aliphatic heterocycles. The standard InChI is InChI=1S/C20H20ClNO3S/c1-2-3-4-10-24-18(23)12-17-19(15-9-11-26-13-15)25-20(22-17)14-5-7-16(21)8-6-14/h5-9,11,13H,2-4,10,12H2,1H3. The summed E-state index contributed by atoms with van der Waals surface area (Å²) in [5.41, 5.74) is 2.32. The lowest BCUT2D eigenvalue weighted by Crippen LogP contribution is -2.10. The summed E-state index contributed by atoms with van der Waals surface area (Å²) in [5.74, 6) is 0.798. The molecule has 3 rings (SSSR count). The lowest BCUT2D eigenvalue weighted by molar-refractivity contribution is -0.143. The summed E-state index contributed by atoms with van der Waals surface area (Å²) in [5, 5.41) is 4.59. The maximum absolute atomic E-state index is 12.2. The van der Waals surface area contributed by atoms with Crippen LogP contribution in [-0.2, 0) is 16.0 Å². The Hall–Kier alpha value is -2.11. The summed E-state index contributed by atoms with van der Waals surface area (Å²) < 4.78 is 11.3. The number of carbonyl (C=O) groups excluding carboxylic acids is 1. The van der Waals surface area contributed by atoms with Crippen LogP contribution in [0, 0.1) is 0 Å². The van der Waals surface area contributed by atoms with E-state index in [1.54, 1.807) is 23.5 Å². The molecule has 0 aliphatic carbocycles. The van der Waals surface area contributed by atoms with Crippen molar-refractivity contribution < 1.29 is 13.9 Å². The van der Waals surface area contributed by atoms with Crippen molar-refractivity contribution in [2.75, 3.05) is 6.61 Å². The number of halogens is 1. The van der Waals surface area contributed by atoms with Gasteiger partial charge in [0.2, 0.25) is 5.89 Å². The second-order valence-corrected chi connectivity index (χ2v) is 7.13. The lowest BCUT2D eigenvalue weighted by atomic mass is 10.2. The Morgan fingerprint density at radius 1 is 1.19 bits per heavy atom. The molecule has 0 unspecified atom stereocenters. The number of benzene rings is 1. The number of rotatable bonds is 8. The van der Waals surface area contributed by atoms with Crippen molar-refractivity contribution in [3.05, 3.63) is 51.8 Å². The molecule has 3 aromatic rings. The molecular weight excluding hydrogens is 370 g/mol. The molecule has 136 valence electrons. The van der Waals surface area contributed by atoms with Gasteiger partial charge in [0.1, 0.15) is 0 Å². The van der Waals surface area contributed by atoms with Crippen LogP contribution in [0.3, 0.4) is 0 Å². The van der Waals surface area contributed by atoms with E-state index in [4.69, 9.17) is 20.8 Å². The van der Waals surface area contributed by atoms with Gasteiger partial charge in [-0.05, 0) is 42.1 Å². The Labute approximate surface area is 161 Å². The van der Waals surface area contributed by atoms with E-state index >= 15 is 0 Å². The van der Waals surface area contributed by atoms with E-state index in [1.165, 1.54) is 0 Å². The van der Waals surface area contributed by atoms with Crippen molar-refractivity contribution in [3.8, 4) is 22.8 Å². The Bertz CT molecular complexity index is 841. The summed E-state index contributed by atoms with van der Waals surface area (Å²) in [4.78, 5) is 16.7. The van der Waals surface area contributed by atoms with Crippen molar-refractivity contribution in [2.24, 2.45) is 0 Å². The minimum atomic E-state index is -0.284. The molecule has 0 aliphatic rings. The Kier molecular flexibility index (Phi) is 6.47. The van der Waals surface area contributed by atoms with Gasteiger partial charge in [-0.3, -0.25) is 4.79 Å². The number of nitrogens with zero attached hydrogens (tertiary/aromatic N) is 1. The summed E-state index contributed by atoms with van der Waals surface area (Å²) in [6, 6.07) is 9.21. The summed E-state index contributed by atoms with van der Waals surface area (Å²) in [6.07, 6.45) is 3.12. The molecule has 0 saturated heterocycles. The average Bonchev–Trinajstić information content (AvgIpc) is 3.29. The van der Waals surface area contributed by atoms with Gasteiger partial charge < -0.3 is 9.15 Å². The predicted octanol–water partition coefficient (Wildman–Crippen LogP) is 6.00. The third kappa shape index (κ3) is 4.74. The number of hydrogen-bond acceptors (Lipinski definition) is 5. The SMILES string of the molecule is CCCCCOC(=O)Cc1nc(-c2ccc(Cl)cc2)oc1-c1ccsc1.